The molecule has 2 heterocycles. The third kappa shape index (κ3) is 3.18. The number of anilines is 2. The van der Waals surface area contributed by atoms with Crippen molar-refractivity contribution in [2.45, 2.75) is 0 Å². The second-order valence-electron chi connectivity index (χ2n) is 4.78. The van der Waals surface area contributed by atoms with Crippen molar-refractivity contribution in [1.29, 1.82) is 0 Å². The van der Waals surface area contributed by atoms with Crippen molar-refractivity contribution in [3.05, 3.63) is 47.5 Å². The lowest BCUT2D eigenvalue weighted by Crippen LogP contribution is -2.37. The zero-order valence-corrected chi connectivity index (χ0v) is 12.6. The van der Waals surface area contributed by atoms with E-state index >= 15 is 0 Å². The minimum Gasteiger partial charge on any atom is -0.378 e. The number of benzene rings is 1. The highest BCUT2D eigenvalue weighted by Crippen LogP contribution is 2.34. The van der Waals surface area contributed by atoms with Crippen LogP contribution in [0, 0.1) is 0 Å². The zero-order chi connectivity index (χ0) is 15.4. The Hall–Kier alpha value is -2.18. The molecule has 1 N–H and O–H groups in total. The predicted octanol–water partition coefficient (Wildman–Crippen LogP) is 2.22. The van der Waals surface area contributed by atoms with E-state index < -0.39 is 0 Å². The lowest BCUT2D eigenvalue weighted by Gasteiger charge is -2.31. The van der Waals surface area contributed by atoms with Crippen LogP contribution in [-0.4, -0.2) is 42.2 Å². The molecule has 0 radical (unpaired) electrons. The molecule has 1 aliphatic heterocycles. The van der Waals surface area contributed by atoms with E-state index in [0.29, 0.717) is 23.9 Å². The first kappa shape index (κ1) is 14.7. The summed E-state index contributed by atoms with van der Waals surface area (Å²) in [5, 5.41) is 3.45. The van der Waals surface area contributed by atoms with Crippen LogP contribution >= 0.6 is 11.6 Å². The second-order valence-corrected chi connectivity index (χ2v) is 5.19. The summed E-state index contributed by atoms with van der Waals surface area (Å²) in [7, 11) is 0. The third-order valence-corrected chi connectivity index (χ3v) is 3.66. The quantitative estimate of drug-likeness (QED) is 0.940. The maximum Gasteiger partial charge on any atom is 0.275 e. The fourth-order valence-electron chi connectivity index (χ4n) is 2.33. The average molecular weight is 319 g/mol. The molecule has 7 heteroatoms. The molecule has 0 atom stereocenters. The lowest BCUT2D eigenvalue weighted by atomic mass is 10.2. The SMILES string of the molecule is O=C(Nc1cccc(Cl)c1N1CCOCC1)c1cnccn1. The maximum absolute atomic E-state index is 12.3. The molecule has 1 aliphatic rings. The highest BCUT2D eigenvalue weighted by molar-refractivity contribution is 6.34. The number of halogens is 1. The summed E-state index contributed by atoms with van der Waals surface area (Å²) in [5.41, 5.74) is 1.73. The Morgan fingerprint density at radius 3 is 2.82 bits per heavy atom. The summed E-state index contributed by atoms with van der Waals surface area (Å²) < 4.78 is 5.36. The van der Waals surface area contributed by atoms with Crippen LogP contribution in [0.1, 0.15) is 10.5 Å². The van der Waals surface area contributed by atoms with Gasteiger partial charge in [0.2, 0.25) is 0 Å². The fraction of sp³-hybridized carbons (Fsp3) is 0.267. The molecule has 1 saturated heterocycles. The van der Waals surface area contributed by atoms with Crippen LogP contribution in [0.25, 0.3) is 0 Å². The Balaban J connectivity index is 1.87. The number of rotatable bonds is 3. The number of para-hydroxylation sites is 1. The Kier molecular flexibility index (Phi) is 4.50. The van der Waals surface area contributed by atoms with Crippen molar-refractivity contribution in [1.82, 2.24) is 9.97 Å². The van der Waals surface area contributed by atoms with Gasteiger partial charge in [-0.1, -0.05) is 17.7 Å². The molecule has 1 fully saturated rings. The molecule has 6 nitrogen and oxygen atoms in total. The summed E-state index contributed by atoms with van der Waals surface area (Å²) in [6.45, 7) is 2.75. The molecule has 114 valence electrons. The van der Waals surface area contributed by atoms with Gasteiger partial charge in [-0.3, -0.25) is 9.78 Å². The number of ether oxygens (including phenoxy) is 1. The van der Waals surface area contributed by atoms with Crippen molar-refractivity contribution < 1.29 is 9.53 Å². The molecule has 1 aromatic heterocycles. The first-order valence-corrected chi connectivity index (χ1v) is 7.32. The molecule has 3 rings (SSSR count). The normalized spacial score (nSPS) is 14.7. The monoisotopic (exact) mass is 318 g/mol. The van der Waals surface area contributed by atoms with Crippen LogP contribution in [0.2, 0.25) is 5.02 Å². The Labute approximate surface area is 133 Å². The van der Waals surface area contributed by atoms with Gasteiger partial charge in [-0.25, -0.2) is 4.98 Å². The van der Waals surface area contributed by atoms with Crippen molar-refractivity contribution in [3.8, 4) is 0 Å². The first-order chi connectivity index (χ1) is 10.8. The number of amides is 1. The van der Waals surface area contributed by atoms with Gasteiger partial charge in [0, 0.05) is 25.5 Å². The summed E-state index contributed by atoms with van der Waals surface area (Å²) in [4.78, 5) is 22.3. The number of morpholine rings is 1. The first-order valence-electron chi connectivity index (χ1n) is 6.94. The summed E-state index contributed by atoms with van der Waals surface area (Å²) in [6, 6.07) is 5.44. The Bertz CT molecular complexity index is 660. The summed E-state index contributed by atoms with van der Waals surface area (Å²) in [5.74, 6) is -0.315. The molecular formula is C15H15ClN4O2. The van der Waals surface area contributed by atoms with Gasteiger partial charge in [-0.2, -0.15) is 0 Å². The van der Waals surface area contributed by atoms with Gasteiger partial charge >= 0.3 is 0 Å². The zero-order valence-electron chi connectivity index (χ0n) is 11.8. The van der Waals surface area contributed by atoms with Gasteiger partial charge in [0.1, 0.15) is 5.69 Å². The molecule has 2 aromatic rings. The standard InChI is InChI=1S/C15H15ClN4O2/c16-11-2-1-3-12(14(11)20-6-8-22-9-7-20)19-15(21)13-10-17-4-5-18-13/h1-5,10H,6-9H2,(H,19,21). The molecule has 0 spiro atoms. The number of nitrogens with zero attached hydrogens (tertiary/aromatic N) is 3. The maximum atomic E-state index is 12.3. The van der Waals surface area contributed by atoms with Crippen LogP contribution in [0.15, 0.2) is 36.8 Å². The van der Waals surface area contributed by atoms with E-state index in [2.05, 4.69) is 20.2 Å². The predicted molar refractivity (Wildman–Crippen MR) is 84.5 cm³/mol. The van der Waals surface area contributed by atoms with Gasteiger partial charge in [-0.05, 0) is 12.1 Å². The molecular weight excluding hydrogens is 304 g/mol. The van der Waals surface area contributed by atoms with Gasteiger partial charge < -0.3 is 15.0 Å². The number of carbonyl (C=O) groups is 1. The van der Waals surface area contributed by atoms with Gasteiger partial charge in [0.25, 0.3) is 5.91 Å². The van der Waals surface area contributed by atoms with Gasteiger partial charge in [0.15, 0.2) is 0 Å². The second kappa shape index (κ2) is 6.72. The van der Waals surface area contributed by atoms with E-state index in [9.17, 15) is 4.79 Å². The van der Waals surface area contributed by atoms with Crippen molar-refractivity contribution in [3.63, 3.8) is 0 Å². The van der Waals surface area contributed by atoms with Crippen molar-refractivity contribution >= 4 is 28.9 Å². The molecule has 22 heavy (non-hydrogen) atoms. The van der Waals surface area contributed by atoms with Crippen molar-refractivity contribution in [2.75, 3.05) is 36.5 Å². The van der Waals surface area contributed by atoms with E-state index in [1.165, 1.54) is 18.6 Å². The minimum absolute atomic E-state index is 0.260. The Morgan fingerprint density at radius 1 is 1.27 bits per heavy atom. The highest BCUT2D eigenvalue weighted by atomic mass is 35.5. The topological polar surface area (TPSA) is 67.4 Å². The average Bonchev–Trinajstić information content (AvgIpc) is 2.56. The van der Waals surface area contributed by atoms with E-state index in [1.54, 1.807) is 6.07 Å². The van der Waals surface area contributed by atoms with Crippen LogP contribution in [0.4, 0.5) is 11.4 Å². The molecule has 0 bridgehead atoms. The van der Waals surface area contributed by atoms with Gasteiger partial charge in [0.05, 0.1) is 35.8 Å². The van der Waals surface area contributed by atoms with E-state index in [0.717, 1.165) is 18.8 Å². The fourth-order valence-corrected chi connectivity index (χ4v) is 2.62. The number of carbonyl (C=O) groups excluding carboxylic acids is 1. The third-order valence-electron chi connectivity index (χ3n) is 3.36. The van der Waals surface area contributed by atoms with Crippen LogP contribution < -0.4 is 10.2 Å². The largest absolute Gasteiger partial charge is 0.378 e. The number of aromatic nitrogens is 2. The smallest absolute Gasteiger partial charge is 0.275 e. The minimum atomic E-state index is -0.315. The lowest BCUT2D eigenvalue weighted by molar-refractivity contribution is 0.102. The number of hydrogen-bond acceptors (Lipinski definition) is 5. The van der Waals surface area contributed by atoms with Crippen LogP contribution in [0.5, 0.6) is 0 Å². The molecule has 0 aliphatic carbocycles. The number of nitrogens with one attached hydrogen (secondary N) is 1. The van der Waals surface area contributed by atoms with E-state index in [1.807, 2.05) is 12.1 Å². The van der Waals surface area contributed by atoms with E-state index in [4.69, 9.17) is 16.3 Å². The summed E-state index contributed by atoms with van der Waals surface area (Å²) >= 11 is 6.33. The Morgan fingerprint density at radius 2 is 2.09 bits per heavy atom. The molecule has 0 saturated carbocycles. The van der Waals surface area contributed by atoms with Crippen molar-refractivity contribution in [2.24, 2.45) is 0 Å². The highest BCUT2D eigenvalue weighted by Gasteiger charge is 2.19. The van der Waals surface area contributed by atoms with Crippen LogP contribution in [0.3, 0.4) is 0 Å². The molecule has 1 aromatic carbocycles. The van der Waals surface area contributed by atoms with Gasteiger partial charge in [-0.15, -0.1) is 0 Å². The molecule has 0 unspecified atom stereocenters. The molecule has 1 amide bonds. The van der Waals surface area contributed by atoms with E-state index in [-0.39, 0.29) is 11.6 Å². The van der Waals surface area contributed by atoms with Crippen LogP contribution in [-0.2, 0) is 4.74 Å². The summed E-state index contributed by atoms with van der Waals surface area (Å²) in [6.07, 6.45) is 4.43. The number of hydrogen-bond donors (Lipinski definition) is 1.